The molecule has 1 fully saturated rings. The highest BCUT2D eigenvalue weighted by Crippen LogP contribution is 2.22. The van der Waals surface area contributed by atoms with E-state index in [0.29, 0.717) is 11.7 Å². The number of rotatable bonds is 3. The summed E-state index contributed by atoms with van der Waals surface area (Å²) in [6.07, 6.45) is 1.80. The third-order valence-electron chi connectivity index (χ3n) is 3.66. The van der Waals surface area contributed by atoms with Gasteiger partial charge in [0, 0.05) is 31.4 Å². The highest BCUT2D eigenvalue weighted by Gasteiger charge is 2.15. The second kappa shape index (κ2) is 5.73. The van der Waals surface area contributed by atoms with Crippen molar-refractivity contribution in [3.63, 3.8) is 0 Å². The Morgan fingerprint density at radius 3 is 2.67 bits per heavy atom. The van der Waals surface area contributed by atoms with Crippen LogP contribution in [0.5, 0.6) is 0 Å². The molecule has 0 atom stereocenters. The molecular formula is C15H21N5O. The average molecular weight is 287 g/mol. The molecule has 1 aliphatic heterocycles. The van der Waals surface area contributed by atoms with E-state index >= 15 is 0 Å². The second-order valence-electron chi connectivity index (χ2n) is 5.53. The molecule has 0 aliphatic carbocycles. The fourth-order valence-electron chi connectivity index (χ4n) is 2.41. The Bertz CT molecular complexity index is 616. The van der Waals surface area contributed by atoms with Crippen molar-refractivity contribution in [2.45, 2.75) is 19.8 Å². The van der Waals surface area contributed by atoms with E-state index < -0.39 is 0 Å². The van der Waals surface area contributed by atoms with E-state index in [0.717, 1.165) is 43.5 Å². The summed E-state index contributed by atoms with van der Waals surface area (Å²) in [6.45, 7) is 7.43. The van der Waals surface area contributed by atoms with Crippen LogP contribution in [0, 0.1) is 0 Å². The summed E-state index contributed by atoms with van der Waals surface area (Å²) in [5.74, 6) is 1.95. The highest BCUT2D eigenvalue weighted by molar-refractivity contribution is 5.50. The summed E-state index contributed by atoms with van der Waals surface area (Å²) in [5, 5.41) is 4.59. The zero-order valence-electron chi connectivity index (χ0n) is 12.5. The van der Waals surface area contributed by atoms with Crippen molar-refractivity contribution in [1.82, 2.24) is 14.8 Å². The number of nitrogens with zero attached hydrogens (tertiary/aromatic N) is 4. The predicted octanol–water partition coefficient (Wildman–Crippen LogP) is 1.81. The van der Waals surface area contributed by atoms with Gasteiger partial charge >= 0.3 is 0 Å². The Balaban J connectivity index is 1.92. The Morgan fingerprint density at radius 1 is 1.24 bits per heavy atom. The van der Waals surface area contributed by atoms with Gasteiger partial charge in [0.15, 0.2) is 0 Å². The third-order valence-corrected chi connectivity index (χ3v) is 3.66. The van der Waals surface area contributed by atoms with E-state index in [2.05, 4.69) is 28.8 Å². The van der Waals surface area contributed by atoms with E-state index in [1.54, 1.807) is 10.9 Å². The fraction of sp³-hybridized carbons (Fsp3) is 0.467. The van der Waals surface area contributed by atoms with Gasteiger partial charge in [-0.05, 0) is 12.0 Å². The monoisotopic (exact) mass is 287 g/mol. The SMILES string of the molecule is CC(C)c1cc(N)n(-c2ccnc(N3CCOCC3)c2)n1. The summed E-state index contributed by atoms with van der Waals surface area (Å²) in [5.41, 5.74) is 8.02. The molecule has 6 heteroatoms. The van der Waals surface area contributed by atoms with Crippen molar-refractivity contribution in [2.75, 3.05) is 36.9 Å². The first-order valence-corrected chi connectivity index (χ1v) is 7.29. The summed E-state index contributed by atoms with van der Waals surface area (Å²) in [7, 11) is 0. The molecular weight excluding hydrogens is 266 g/mol. The summed E-state index contributed by atoms with van der Waals surface area (Å²) in [6, 6.07) is 5.88. The molecule has 3 heterocycles. The molecule has 1 aliphatic rings. The van der Waals surface area contributed by atoms with Crippen molar-refractivity contribution in [1.29, 1.82) is 0 Å². The van der Waals surface area contributed by atoms with Crippen LogP contribution in [-0.4, -0.2) is 41.1 Å². The Kier molecular flexibility index (Phi) is 3.79. The summed E-state index contributed by atoms with van der Waals surface area (Å²) < 4.78 is 7.16. The molecule has 0 aromatic carbocycles. The molecule has 0 amide bonds. The molecule has 2 aromatic heterocycles. The molecule has 2 N–H and O–H groups in total. The van der Waals surface area contributed by atoms with Crippen LogP contribution >= 0.6 is 0 Å². The molecule has 6 nitrogen and oxygen atoms in total. The Labute approximate surface area is 124 Å². The first-order chi connectivity index (χ1) is 10.1. The van der Waals surface area contributed by atoms with Gasteiger partial charge in [0.2, 0.25) is 0 Å². The smallest absolute Gasteiger partial charge is 0.130 e. The molecule has 0 unspecified atom stereocenters. The maximum Gasteiger partial charge on any atom is 0.130 e. The van der Waals surface area contributed by atoms with Crippen molar-refractivity contribution >= 4 is 11.6 Å². The van der Waals surface area contributed by atoms with Gasteiger partial charge in [-0.15, -0.1) is 0 Å². The van der Waals surface area contributed by atoms with Crippen molar-refractivity contribution in [2.24, 2.45) is 0 Å². The van der Waals surface area contributed by atoms with Gasteiger partial charge in [0.05, 0.1) is 24.6 Å². The fourth-order valence-corrected chi connectivity index (χ4v) is 2.41. The minimum atomic E-state index is 0.356. The minimum absolute atomic E-state index is 0.356. The van der Waals surface area contributed by atoms with Crippen LogP contribution < -0.4 is 10.6 Å². The summed E-state index contributed by atoms with van der Waals surface area (Å²) >= 11 is 0. The zero-order chi connectivity index (χ0) is 14.8. The number of nitrogens with two attached hydrogens (primary N) is 1. The molecule has 0 radical (unpaired) electrons. The number of morpholine rings is 1. The van der Waals surface area contributed by atoms with Gasteiger partial charge in [-0.3, -0.25) is 0 Å². The van der Waals surface area contributed by atoms with Gasteiger partial charge < -0.3 is 15.4 Å². The second-order valence-corrected chi connectivity index (χ2v) is 5.53. The molecule has 3 rings (SSSR count). The number of pyridine rings is 1. The highest BCUT2D eigenvalue weighted by atomic mass is 16.5. The molecule has 0 saturated carbocycles. The van der Waals surface area contributed by atoms with Crippen molar-refractivity contribution in [3.8, 4) is 5.69 Å². The zero-order valence-corrected chi connectivity index (χ0v) is 12.5. The quantitative estimate of drug-likeness (QED) is 0.932. The van der Waals surface area contributed by atoms with Crippen LogP contribution in [0.4, 0.5) is 11.6 Å². The largest absolute Gasteiger partial charge is 0.384 e. The van der Waals surface area contributed by atoms with Crippen molar-refractivity contribution < 1.29 is 4.74 Å². The number of aromatic nitrogens is 3. The lowest BCUT2D eigenvalue weighted by atomic mass is 10.1. The number of hydrogen-bond donors (Lipinski definition) is 1. The molecule has 0 spiro atoms. The molecule has 21 heavy (non-hydrogen) atoms. The number of anilines is 2. The lowest BCUT2D eigenvalue weighted by Gasteiger charge is -2.28. The van der Waals surface area contributed by atoms with Crippen LogP contribution in [0.15, 0.2) is 24.4 Å². The standard InChI is InChI=1S/C15H21N5O/c1-11(2)13-10-14(16)20(18-13)12-3-4-17-15(9-12)19-5-7-21-8-6-19/h3-4,9-11H,5-8,16H2,1-2H3. The lowest BCUT2D eigenvalue weighted by Crippen LogP contribution is -2.36. The van der Waals surface area contributed by atoms with E-state index in [1.807, 2.05) is 18.2 Å². The number of nitrogen functional groups attached to an aromatic ring is 1. The van der Waals surface area contributed by atoms with Crippen LogP contribution in [0.2, 0.25) is 0 Å². The van der Waals surface area contributed by atoms with Gasteiger partial charge in [-0.1, -0.05) is 13.8 Å². The molecule has 2 aromatic rings. The summed E-state index contributed by atoms with van der Waals surface area (Å²) in [4.78, 5) is 6.67. The van der Waals surface area contributed by atoms with E-state index in [-0.39, 0.29) is 0 Å². The van der Waals surface area contributed by atoms with Crippen LogP contribution in [0.3, 0.4) is 0 Å². The molecule has 0 bridgehead atoms. The first kappa shape index (κ1) is 13.9. The van der Waals surface area contributed by atoms with Gasteiger partial charge in [-0.2, -0.15) is 5.10 Å². The first-order valence-electron chi connectivity index (χ1n) is 7.29. The molecule has 112 valence electrons. The van der Waals surface area contributed by atoms with Crippen LogP contribution in [-0.2, 0) is 4.74 Å². The van der Waals surface area contributed by atoms with Crippen LogP contribution in [0.25, 0.3) is 5.69 Å². The van der Waals surface area contributed by atoms with Gasteiger partial charge in [0.25, 0.3) is 0 Å². The Hall–Kier alpha value is -2.08. The molecule has 1 saturated heterocycles. The third kappa shape index (κ3) is 2.85. The normalized spacial score (nSPS) is 15.7. The predicted molar refractivity (Wildman–Crippen MR) is 82.9 cm³/mol. The van der Waals surface area contributed by atoms with E-state index in [9.17, 15) is 0 Å². The van der Waals surface area contributed by atoms with Crippen molar-refractivity contribution in [3.05, 3.63) is 30.1 Å². The van der Waals surface area contributed by atoms with Crippen LogP contribution in [0.1, 0.15) is 25.5 Å². The topological polar surface area (TPSA) is 69.2 Å². The van der Waals surface area contributed by atoms with Gasteiger partial charge in [-0.25, -0.2) is 9.67 Å². The van der Waals surface area contributed by atoms with E-state index in [4.69, 9.17) is 10.5 Å². The number of hydrogen-bond acceptors (Lipinski definition) is 5. The van der Waals surface area contributed by atoms with Gasteiger partial charge in [0.1, 0.15) is 11.6 Å². The average Bonchev–Trinajstić information content (AvgIpc) is 2.91. The maximum absolute atomic E-state index is 6.09. The minimum Gasteiger partial charge on any atom is -0.384 e. The van der Waals surface area contributed by atoms with E-state index in [1.165, 1.54) is 0 Å². The maximum atomic E-state index is 6.09. The Morgan fingerprint density at radius 2 is 2.00 bits per heavy atom. The lowest BCUT2D eigenvalue weighted by molar-refractivity contribution is 0.122. The number of ether oxygens (including phenoxy) is 1.